The number of carbonyl (C=O) groups excluding carboxylic acids is 3. The molecule has 0 saturated heterocycles. The number of oxime groups is 1. The average Bonchev–Trinajstić information content (AvgIpc) is 3.27. The summed E-state index contributed by atoms with van der Waals surface area (Å²) >= 11 is 0. The molecule has 0 aliphatic heterocycles. The van der Waals surface area contributed by atoms with E-state index in [1.807, 2.05) is 0 Å². The molecule has 8 atom stereocenters. The maximum Gasteiger partial charge on any atom is 0.331 e. The van der Waals surface area contributed by atoms with E-state index in [2.05, 4.69) is 30.4 Å². The molecule has 0 radical (unpaired) electrons. The number of aliphatic hydroxyl groups is 2. The van der Waals surface area contributed by atoms with Gasteiger partial charge in [-0.25, -0.2) is 4.79 Å². The average molecular weight is 595 g/mol. The number of esters is 1. The molecule has 4 aliphatic carbocycles. The van der Waals surface area contributed by atoms with Crippen molar-refractivity contribution in [3.8, 4) is 0 Å². The third kappa shape index (κ3) is 5.55. The van der Waals surface area contributed by atoms with Crippen molar-refractivity contribution in [2.45, 2.75) is 96.8 Å². The number of amides is 1. The van der Waals surface area contributed by atoms with Gasteiger partial charge in [0, 0.05) is 5.41 Å². The Hall–Kier alpha value is -3.04. The third-order valence-electron chi connectivity index (χ3n) is 11.4. The van der Waals surface area contributed by atoms with E-state index in [1.54, 1.807) is 44.2 Å². The Balaban J connectivity index is 1.22. The number of aliphatic hydroxyl groups excluding tert-OH is 1. The van der Waals surface area contributed by atoms with Crippen LogP contribution in [0.25, 0.3) is 0 Å². The molecule has 234 valence electrons. The number of ether oxygens (including phenoxy) is 1. The van der Waals surface area contributed by atoms with Crippen molar-refractivity contribution in [2.75, 3.05) is 13.2 Å². The van der Waals surface area contributed by atoms with Crippen molar-refractivity contribution in [3.63, 3.8) is 0 Å². The van der Waals surface area contributed by atoms with Crippen molar-refractivity contribution in [2.24, 2.45) is 33.7 Å². The van der Waals surface area contributed by atoms with E-state index < -0.39 is 36.2 Å². The first kappa shape index (κ1) is 31.4. The lowest BCUT2D eigenvalue weighted by molar-refractivity contribution is -0.159. The highest BCUT2D eigenvalue weighted by Gasteiger charge is 2.65. The van der Waals surface area contributed by atoms with E-state index in [1.165, 1.54) is 5.57 Å². The van der Waals surface area contributed by atoms with Gasteiger partial charge in [-0.3, -0.25) is 9.59 Å². The van der Waals surface area contributed by atoms with Crippen LogP contribution in [0.1, 0.15) is 90.7 Å². The van der Waals surface area contributed by atoms with Crippen LogP contribution in [-0.2, 0) is 24.0 Å². The molecule has 3 saturated carbocycles. The zero-order valence-corrected chi connectivity index (χ0v) is 25.8. The zero-order valence-electron chi connectivity index (χ0n) is 25.8. The second-order valence-electron chi connectivity index (χ2n) is 13.4. The van der Waals surface area contributed by atoms with Crippen molar-refractivity contribution < 1.29 is 34.2 Å². The van der Waals surface area contributed by atoms with E-state index >= 15 is 0 Å². The molecule has 4 aliphatic rings. The number of hydrogen-bond acceptors (Lipinski definition) is 8. The van der Waals surface area contributed by atoms with Crippen LogP contribution < -0.4 is 5.32 Å². The van der Waals surface area contributed by atoms with E-state index in [0.29, 0.717) is 29.7 Å². The first-order valence-corrected chi connectivity index (χ1v) is 15.8. The van der Waals surface area contributed by atoms with Gasteiger partial charge in [-0.1, -0.05) is 54.9 Å². The molecule has 8 unspecified atom stereocenters. The second-order valence-corrected chi connectivity index (χ2v) is 13.4. The highest BCUT2D eigenvalue weighted by atomic mass is 16.6. The molecule has 5 rings (SSSR count). The molecule has 0 spiro atoms. The van der Waals surface area contributed by atoms with Crippen LogP contribution in [0.5, 0.6) is 0 Å². The first-order valence-electron chi connectivity index (χ1n) is 15.8. The first-order chi connectivity index (χ1) is 20.4. The molecule has 9 heteroatoms. The predicted molar refractivity (Wildman–Crippen MR) is 161 cm³/mol. The van der Waals surface area contributed by atoms with Gasteiger partial charge in [0.25, 0.3) is 5.91 Å². The normalized spacial score (nSPS) is 35.4. The Morgan fingerprint density at radius 1 is 1.05 bits per heavy atom. The summed E-state index contributed by atoms with van der Waals surface area (Å²) in [4.78, 5) is 43.2. The minimum absolute atomic E-state index is 0.0397. The number of fused-ring (bicyclic) bond motifs is 5. The summed E-state index contributed by atoms with van der Waals surface area (Å²) in [5.41, 5.74) is 1.13. The molecule has 0 heterocycles. The quantitative estimate of drug-likeness (QED) is 0.285. The molecule has 1 aromatic rings. The fraction of sp³-hybridized carbons (Fsp3) is 0.647. The number of nitrogens with one attached hydrogen (secondary N) is 1. The van der Waals surface area contributed by atoms with Gasteiger partial charge < -0.3 is 25.1 Å². The fourth-order valence-corrected chi connectivity index (χ4v) is 8.97. The van der Waals surface area contributed by atoms with Crippen LogP contribution >= 0.6 is 0 Å². The number of nitrogens with zero attached hydrogens (tertiary/aromatic N) is 1. The molecule has 0 bridgehead atoms. The number of benzene rings is 1. The molecule has 1 aromatic carbocycles. The molecular weight excluding hydrogens is 548 g/mol. The van der Waals surface area contributed by atoms with E-state index in [9.17, 15) is 24.6 Å². The number of allylic oxidation sites excluding steroid dienone is 2. The van der Waals surface area contributed by atoms with Gasteiger partial charge in [0.05, 0.1) is 12.3 Å². The van der Waals surface area contributed by atoms with Crippen LogP contribution in [0.2, 0.25) is 0 Å². The van der Waals surface area contributed by atoms with Gasteiger partial charge >= 0.3 is 5.97 Å². The molecule has 1 amide bonds. The molecule has 3 fully saturated rings. The Labute approximate surface area is 254 Å². The summed E-state index contributed by atoms with van der Waals surface area (Å²) in [6.45, 7) is 7.44. The SMILES string of the molecule is CCOC(=O)C(NC(=O)CON=C1C=C2CCC3C(CCC4(C)C3CCC4(O)C(C)=O)C2(C)CC1)C(O)c1ccccc1. The lowest BCUT2D eigenvalue weighted by Crippen LogP contribution is -2.57. The Morgan fingerprint density at radius 3 is 2.47 bits per heavy atom. The number of Topliss-reactive ketones (excluding diaryl/α,β-unsaturated/α-hetero) is 1. The van der Waals surface area contributed by atoms with E-state index in [4.69, 9.17) is 9.57 Å². The van der Waals surface area contributed by atoms with Crippen LogP contribution in [0.4, 0.5) is 0 Å². The Morgan fingerprint density at radius 2 is 1.77 bits per heavy atom. The summed E-state index contributed by atoms with van der Waals surface area (Å²) in [7, 11) is 0. The lowest BCUT2D eigenvalue weighted by Gasteiger charge is -2.59. The molecule has 9 nitrogen and oxygen atoms in total. The topological polar surface area (TPSA) is 135 Å². The van der Waals surface area contributed by atoms with Crippen molar-refractivity contribution in [1.82, 2.24) is 5.32 Å². The minimum atomic E-state index is -1.28. The molecular formula is C34H46N2O7. The van der Waals surface area contributed by atoms with Gasteiger partial charge in [-0.15, -0.1) is 0 Å². The van der Waals surface area contributed by atoms with Crippen molar-refractivity contribution >= 4 is 23.4 Å². The lowest BCUT2D eigenvalue weighted by atomic mass is 9.46. The number of ketones is 1. The van der Waals surface area contributed by atoms with Crippen LogP contribution in [0.3, 0.4) is 0 Å². The summed E-state index contributed by atoms with van der Waals surface area (Å²) < 4.78 is 5.08. The highest BCUT2D eigenvalue weighted by Crippen LogP contribution is 2.67. The summed E-state index contributed by atoms with van der Waals surface area (Å²) in [6, 6.07) is 7.36. The highest BCUT2D eigenvalue weighted by molar-refractivity contribution is 5.96. The monoisotopic (exact) mass is 594 g/mol. The maximum atomic E-state index is 12.7. The second kappa shape index (κ2) is 12.2. The van der Waals surface area contributed by atoms with E-state index in [0.717, 1.165) is 50.7 Å². The Bertz CT molecular complexity index is 1290. The Kier molecular flexibility index (Phi) is 8.87. The van der Waals surface area contributed by atoms with Crippen LogP contribution in [0.15, 0.2) is 47.1 Å². The summed E-state index contributed by atoms with van der Waals surface area (Å²) in [6.07, 6.45) is 7.84. The van der Waals surface area contributed by atoms with Gasteiger partial charge in [0.1, 0.15) is 11.7 Å². The van der Waals surface area contributed by atoms with Gasteiger partial charge in [0.15, 0.2) is 18.4 Å². The summed E-state index contributed by atoms with van der Waals surface area (Å²) in [5, 5.41) is 29.0. The molecule has 0 aromatic heterocycles. The maximum absolute atomic E-state index is 12.7. The molecule has 3 N–H and O–H groups in total. The van der Waals surface area contributed by atoms with Crippen molar-refractivity contribution in [1.29, 1.82) is 0 Å². The third-order valence-corrected chi connectivity index (χ3v) is 11.4. The number of hydrogen-bond donors (Lipinski definition) is 3. The number of carbonyl (C=O) groups is 3. The number of rotatable bonds is 9. The van der Waals surface area contributed by atoms with E-state index in [-0.39, 0.29) is 23.2 Å². The standard InChI is InChI=1S/C34H46N2O7/c1-5-42-31(40)29(30(39)22-9-7-6-8-10-22)35-28(38)20-43-36-24-13-16-32(3)23(19-24)11-12-25-26(32)14-17-33(4)27(25)15-18-34(33,41)21(2)37/h6-10,19,25-27,29-30,39,41H,5,11-18,20H2,1-4H3,(H,35,38). The predicted octanol–water partition coefficient (Wildman–Crippen LogP) is 4.42. The minimum Gasteiger partial charge on any atom is -0.464 e. The summed E-state index contributed by atoms with van der Waals surface area (Å²) in [5.74, 6) is -0.0466. The molecule has 43 heavy (non-hydrogen) atoms. The fourth-order valence-electron chi connectivity index (χ4n) is 8.97. The zero-order chi connectivity index (χ0) is 31.0. The smallest absolute Gasteiger partial charge is 0.331 e. The van der Waals surface area contributed by atoms with Gasteiger partial charge in [0.2, 0.25) is 0 Å². The van der Waals surface area contributed by atoms with Crippen molar-refractivity contribution in [3.05, 3.63) is 47.5 Å². The van der Waals surface area contributed by atoms with Gasteiger partial charge in [-0.2, -0.15) is 0 Å². The van der Waals surface area contributed by atoms with Gasteiger partial charge in [-0.05, 0) is 100 Å². The van der Waals surface area contributed by atoms with Crippen LogP contribution in [-0.4, -0.2) is 58.4 Å². The largest absolute Gasteiger partial charge is 0.464 e. The van der Waals surface area contributed by atoms with Crippen LogP contribution in [0, 0.1) is 28.6 Å².